The number of aromatic nitrogens is 2. The predicted molar refractivity (Wildman–Crippen MR) is 73.9 cm³/mol. The number of rotatable bonds is 2. The van der Waals surface area contributed by atoms with Gasteiger partial charge in [0.05, 0.1) is 16.9 Å². The number of hydrogen-bond acceptors (Lipinski definition) is 2. The molecule has 0 aliphatic heterocycles. The number of benzene rings is 2. The lowest BCUT2D eigenvalue weighted by molar-refractivity contribution is 0.189. The van der Waals surface area contributed by atoms with E-state index in [1.165, 1.54) is 0 Å². The molecule has 3 aromatic rings. The number of imidazole rings is 1. The molecule has 2 aromatic carbocycles. The van der Waals surface area contributed by atoms with Crippen LogP contribution in [0, 0.1) is 0 Å². The second-order valence-corrected chi connectivity index (χ2v) is 4.66. The van der Waals surface area contributed by atoms with Gasteiger partial charge in [-0.25, -0.2) is 4.98 Å². The molecule has 1 N–H and O–H groups in total. The fourth-order valence-corrected chi connectivity index (χ4v) is 2.45. The second-order valence-electron chi connectivity index (χ2n) is 4.35. The van der Waals surface area contributed by atoms with Crippen LogP contribution in [0.5, 0.6) is 0 Å². The highest BCUT2D eigenvalue weighted by Crippen LogP contribution is 2.27. The van der Waals surface area contributed by atoms with Gasteiger partial charge in [-0.3, -0.25) is 0 Å². The minimum atomic E-state index is -0.733. The lowest BCUT2D eigenvalue weighted by Gasteiger charge is -2.06. The summed E-state index contributed by atoms with van der Waals surface area (Å²) in [5.74, 6) is 0.756. The van der Waals surface area contributed by atoms with Crippen molar-refractivity contribution in [3.63, 3.8) is 0 Å². The molecule has 1 unspecified atom stereocenters. The molecule has 0 radical (unpaired) electrons. The van der Waals surface area contributed by atoms with Crippen LogP contribution < -0.4 is 0 Å². The molecule has 1 aromatic heterocycles. The van der Waals surface area contributed by atoms with Crippen LogP contribution in [-0.4, -0.2) is 20.5 Å². The lowest BCUT2D eigenvalue weighted by Crippen LogP contribution is -2.06. The summed E-state index contributed by atoms with van der Waals surface area (Å²) in [6, 6.07) is 12.2. The summed E-state index contributed by atoms with van der Waals surface area (Å²) in [5, 5.41) is 12.1. The number of aliphatic hydroxyl groups excluding tert-OH is 1. The molecule has 3 nitrogen and oxygen atoms in total. The number of alkyl halides is 1. The summed E-state index contributed by atoms with van der Waals surface area (Å²) >= 11 is 5.70. The zero-order valence-corrected chi connectivity index (χ0v) is 10.7. The highest BCUT2D eigenvalue weighted by atomic mass is 35.5. The Hall–Kier alpha value is -1.58. The van der Waals surface area contributed by atoms with Crippen LogP contribution in [0.15, 0.2) is 36.4 Å². The Kier molecular flexibility index (Phi) is 2.73. The van der Waals surface area contributed by atoms with Gasteiger partial charge >= 0.3 is 0 Å². The molecule has 3 rings (SSSR count). The van der Waals surface area contributed by atoms with E-state index in [1.54, 1.807) is 0 Å². The Labute approximate surface area is 110 Å². The monoisotopic (exact) mass is 260 g/mol. The fraction of sp³-hybridized carbons (Fsp3) is 0.214. The molecule has 92 valence electrons. The van der Waals surface area contributed by atoms with E-state index < -0.39 is 6.10 Å². The highest BCUT2D eigenvalue weighted by molar-refractivity contribution is 6.18. The fourth-order valence-electron chi connectivity index (χ4n) is 2.31. The molecule has 4 heteroatoms. The molecule has 1 atom stereocenters. The van der Waals surface area contributed by atoms with Crippen molar-refractivity contribution in [1.82, 2.24) is 9.55 Å². The molecule has 0 spiro atoms. The summed E-state index contributed by atoms with van der Waals surface area (Å²) in [7, 11) is 1.90. The maximum Gasteiger partial charge on any atom is 0.139 e. The van der Waals surface area contributed by atoms with E-state index in [1.807, 2.05) is 35.9 Å². The summed E-state index contributed by atoms with van der Waals surface area (Å²) in [5.41, 5.74) is 1.92. The van der Waals surface area contributed by atoms with Gasteiger partial charge in [0.15, 0.2) is 0 Å². The highest BCUT2D eigenvalue weighted by Gasteiger charge is 2.16. The van der Waals surface area contributed by atoms with Gasteiger partial charge in [-0.15, -0.1) is 11.6 Å². The molecule has 0 aliphatic rings. The standard InChI is InChI=1S/C14H13ClN2O/c1-17-11-7-6-9-4-2-3-5-10(9)13(11)16-14(17)12(18)8-15/h2-7,12,18H,8H2,1H3. The summed E-state index contributed by atoms with van der Waals surface area (Å²) < 4.78 is 1.90. The first-order chi connectivity index (χ1) is 8.72. The van der Waals surface area contributed by atoms with Crippen molar-refractivity contribution in [2.45, 2.75) is 6.10 Å². The van der Waals surface area contributed by atoms with E-state index in [9.17, 15) is 5.11 Å². The van der Waals surface area contributed by atoms with Gasteiger partial charge in [-0.05, 0) is 11.5 Å². The molecule has 0 aliphatic carbocycles. The average Bonchev–Trinajstić information content (AvgIpc) is 2.76. The Balaban J connectivity index is 2.38. The van der Waals surface area contributed by atoms with E-state index in [0.717, 1.165) is 21.8 Å². The molecular formula is C14H13ClN2O. The van der Waals surface area contributed by atoms with Crippen LogP contribution in [0.2, 0.25) is 0 Å². The molecule has 0 fully saturated rings. The first kappa shape index (κ1) is 11.5. The zero-order chi connectivity index (χ0) is 12.7. The third kappa shape index (κ3) is 1.59. The number of fused-ring (bicyclic) bond motifs is 3. The van der Waals surface area contributed by atoms with Crippen LogP contribution >= 0.6 is 11.6 Å². The van der Waals surface area contributed by atoms with Crippen LogP contribution in [0.4, 0.5) is 0 Å². The molecule has 0 amide bonds. The molecule has 0 saturated heterocycles. The number of hydrogen-bond donors (Lipinski definition) is 1. The molecule has 0 bridgehead atoms. The first-order valence-electron chi connectivity index (χ1n) is 5.80. The van der Waals surface area contributed by atoms with Crippen molar-refractivity contribution >= 4 is 33.4 Å². The quantitative estimate of drug-likeness (QED) is 0.720. The average molecular weight is 261 g/mol. The Morgan fingerprint density at radius 3 is 2.83 bits per heavy atom. The smallest absolute Gasteiger partial charge is 0.139 e. The van der Waals surface area contributed by atoms with Gasteiger partial charge in [0, 0.05) is 12.4 Å². The maximum atomic E-state index is 9.87. The van der Waals surface area contributed by atoms with E-state index >= 15 is 0 Å². The van der Waals surface area contributed by atoms with Gasteiger partial charge in [0.1, 0.15) is 11.9 Å². The van der Waals surface area contributed by atoms with Crippen LogP contribution in [-0.2, 0) is 7.05 Å². The van der Waals surface area contributed by atoms with E-state index in [0.29, 0.717) is 5.82 Å². The topological polar surface area (TPSA) is 38.0 Å². The Bertz CT molecular complexity index is 720. The normalized spacial score (nSPS) is 13.3. The van der Waals surface area contributed by atoms with Crippen molar-refractivity contribution in [1.29, 1.82) is 0 Å². The zero-order valence-electron chi connectivity index (χ0n) is 9.97. The van der Waals surface area contributed by atoms with E-state index in [-0.39, 0.29) is 5.88 Å². The largest absolute Gasteiger partial charge is 0.384 e. The lowest BCUT2D eigenvalue weighted by atomic mass is 10.1. The predicted octanol–water partition coefficient (Wildman–Crippen LogP) is 3.00. The first-order valence-corrected chi connectivity index (χ1v) is 6.34. The van der Waals surface area contributed by atoms with Crippen molar-refractivity contribution in [3.8, 4) is 0 Å². The summed E-state index contributed by atoms with van der Waals surface area (Å²) in [4.78, 5) is 4.54. The second kappa shape index (κ2) is 4.26. The van der Waals surface area contributed by atoms with Gasteiger partial charge < -0.3 is 9.67 Å². The molecular weight excluding hydrogens is 248 g/mol. The van der Waals surface area contributed by atoms with Crippen LogP contribution in [0.25, 0.3) is 21.8 Å². The minimum absolute atomic E-state index is 0.148. The molecule has 18 heavy (non-hydrogen) atoms. The molecule has 1 heterocycles. The molecule has 0 saturated carbocycles. The van der Waals surface area contributed by atoms with Gasteiger partial charge in [0.25, 0.3) is 0 Å². The van der Waals surface area contributed by atoms with Crippen molar-refractivity contribution in [3.05, 3.63) is 42.2 Å². The number of aliphatic hydroxyl groups is 1. The summed E-state index contributed by atoms with van der Waals surface area (Å²) in [6.45, 7) is 0. The van der Waals surface area contributed by atoms with Crippen molar-refractivity contribution in [2.24, 2.45) is 7.05 Å². The third-order valence-electron chi connectivity index (χ3n) is 3.25. The van der Waals surface area contributed by atoms with Gasteiger partial charge in [0.2, 0.25) is 0 Å². The summed E-state index contributed by atoms with van der Waals surface area (Å²) in [6.07, 6.45) is -0.733. The van der Waals surface area contributed by atoms with Gasteiger partial charge in [-0.2, -0.15) is 0 Å². The number of nitrogens with zero attached hydrogens (tertiary/aromatic N) is 2. The Morgan fingerprint density at radius 1 is 1.28 bits per heavy atom. The van der Waals surface area contributed by atoms with Gasteiger partial charge in [-0.1, -0.05) is 30.3 Å². The number of aryl methyl sites for hydroxylation is 1. The SMILES string of the molecule is Cn1c(C(O)CCl)nc2c3ccccc3ccc21. The van der Waals surface area contributed by atoms with E-state index in [4.69, 9.17) is 11.6 Å². The minimum Gasteiger partial charge on any atom is -0.384 e. The Morgan fingerprint density at radius 2 is 2.06 bits per heavy atom. The van der Waals surface area contributed by atoms with Crippen LogP contribution in [0.1, 0.15) is 11.9 Å². The van der Waals surface area contributed by atoms with Crippen LogP contribution in [0.3, 0.4) is 0 Å². The van der Waals surface area contributed by atoms with Crippen molar-refractivity contribution < 1.29 is 5.11 Å². The third-order valence-corrected chi connectivity index (χ3v) is 3.55. The number of halogens is 1. The maximum absolute atomic E-state index is 9.87. The van der Waals surface area contributed by atoms with E-state index in [2.05, 4.69) is 17.1 Å². The van der Waals surface area contributed by atoms with Crippen molar-refractivity contribution in [2.75, 3.05) is 5.88 Å².